The molecule has 18 heavy (non-hydrogen) atoms. The van der Waals surface area contributed by atoms with Gasteiger partial charge in [-0.1, -0.05) is 15.9 Å². The number of nitrogens with one attached hydrogen (secondary N) is 1. The second-order valence-corrected chi connectivity index (χ2v) is 6.18. The number of piperazine rings is 1. The zero-order valence-electron chi connectivity index (χ0n) is 11.1. The van der Waals surface area contributed by atoms with Crippen LogP contribution in [0.3, 0.4) is 0 Å². The Morgan fingerprint density at radius 2 is 1.94 bits per heavy atom. The molecule has 1 aliphatic heterocycles. The molecule has 0 spiro atoms. The molecule has 1 N–H and O–H groups in total. The maximum Gasteiger partial charge on any atom is 0.128 e. The Labute approximate surface area is 117 Å². The van der Waals surface area contributed by atoms with E-state index in [1.165, 1.54) is 6.07 Å². The second-order valence-electron chi connectivity index (χ2n) is 5.26. The lowest BCUT2D eigenvalue weighted by molar-refractivity contribution is 0.129. The molecule has 1 aliphatic rings. The molecule has 1 aromatic rings. The minimum Gasteiger partial charge on any atom is -0.309 e. The summed E-state index contributed by atoms with van der Waals surface area (Å²) < 4.78 is 14.8. The zero-order valence-corrected chi connectivity index (χ0v) is 12.7. The molecule has 0 saturated carbocycles. The van der Waals surface area contributed by atoms with Gasteiger partial charge in [-0.25, -0.2) is 4.39 Å². The number of rotatable bonds is 2. The first-order valence-electron chi connectivity index (χ1n) is 6.42. The van der Waals surface area contributed by atoms with Gasteiger partial charge in [0, 0.05) is 41.3 Å². The molecule has 1 saturated heterocycles. The normalized spacial score (nSPS) is 27.2. The minimum absolute atomic E-state index is 0.106. The van der Waals surface area contributed by atoms with Crippen molar-refractivity contribution < 1.29 is 4.39 Å². The lowest BCUT2D eigenvalue weighted by Crippen LogP contribution is -2.54. The maximum atomic E-state index is 13.9. The standard InChI is InChI=1S/C14H20BrFN2/c1-9-7-18(8-10(2)17-9)11(3)13-6-12(15)4-5-14(13)16/h4-6,9-11,17H,7-8H2,1-3H3. The van der Waals surface area contributed by atoms with E-state index < -0.39 is 0 Å². The molecule has 1 fully saturated rings. The Morgan fingerprint density at radius 3 is 2.56 bits per heavy atom. The predicted molar refractivity (Wildman–Crippen MR) is 76.1 cm³/mol. The van der Waals surface area contributed by atoms with Crippen molar-refractivity contribution in [3.63, 3.8) is 0 Å². The van der Waals surface area contributed by atoms with Crippen LogP contribution in [0.1, 0.15) is 32.4 Å². The third-order valence-electron chi connectivity index (χ3n) is 3.54. The van der Waals surface area contributed by atoms with Gasteiger partial charge >= 0.3 is 0 Å². The highest BCUT2D eigenvalue weighted by Crippen LogP contribution is 2.27. The van der Waals surface area contributed by atoms with Crippen LogP contribution in [-0.4, -0.2) is 30.1 Å². The average Bonchev–Trinajstić information content (AvgIpc) is 2.30. The van der Waals surface area contributed by atoms with E-state index in [0.717, 1.165) is 23.1 Å². The third kappa shape index (κ3) is 3.11. The van der Waals surface area contributed by atoms with Crippen molar-refractivity contribution in [3.05, 3.63) is 34.1 Å². The Hall–Kier alpha value is -0.450. The molecule has 0 amide bonds. The third-order valence-corrected chi connectivity index (χ3v) is 4.03. The number of benzene rings is 1. The number of nitrogens with zero attached hydrogens (tertiary/aromatic N) is 1. The molecule has 0 aliphatic carbocycles. The fourth-order valence-electron chi connectivity index (χ4n) is 2.72. The summed E-state index contributed by atoms with van der Waals surface area (Å²) in [6.07, 6.45) is 0. The topological polar surface area (TPSA) is 15.3 Å². The van der Waals surface area contributed by atoms with E-state index >= 15 is 0 Å². The van der Waals surface area contributed by atoms with E-state index in [4.69, 9.17) is 0 Å². The highest BCUT2D eigenvalue weighted by Gasteiger charge is 2.26. The average molecular weight is 315 g/mol. The van der Waals surface area contributed by atoms with Crippen LogP contribution in [0.4, 0.5) is 4.39 Å². The van der Waals surface area contributed by atoms with Crippen LogP contribution < -0.4 is 5.32 Å². The van der Waals surface area contributed by atoms with Crippen LogP contribution in [0.15, 0.2) is 22.7 Å². The highest BCUT2D eigenvalue weighted by molar-refractivity contribution is 9.10. The van der Waals surface area contributed by atoms with Crippen LogP contribution in [0.5, 0.6) is 0 Å². The smallest absolute Gasteiger partial charge is 0.128 e. The first kappa shape index (κ1) is 14.0. The summed E-state index contributed by atoms with van der Waals surface area (Å²) >= 11 is 3.41. The van der Waals surface area contributed by atoms with Gasteiger partial charge in [0.2, 0.25) is 0 Å². The SMILES string of the molecule is CC1CN(C(C)c2cc(Br)ccc2F)CC(C)N1. The summed E-state index contributed by atoms with van der Waals surface area (Å²) in [4.78, 5) is 2.34. The van der Waals surface area contributed by atoms with Crippen molar-refractivity contribution >= 4 is 15.9 Å². The fourth-order valence-corrected chi connectivity index (χ4v) is 3.10. The molecule has 4 heteroatoms. The molecule has 2 nitrogen and oxygen atoms in total. The lowest BCUT2D eigenvalue weighted by atomic mass is 10.0. The van der Waals surface area contributed by atoms with Gasteiger partial charge in [-0.15, -0.1) is 0 Å². The molecular formula is C14H20BrFN2. The van der Waals surface area contributed by atoms with Gasteiger partial charge < -0.3 is 5.32 Å². The van der Waals surface area contributed by atoms with Gasteiger partial charge in [-0.05, 0) is 39.0 Å². The Morgan fingerprint density at radius 1 is 1.33 bits per heavy atom. The monoisotopic (exact) mass is 314 g/mol. The molecule has 0 radical (unpaired) electrons. The van der Waals surface area contributed by atoms with Gasteiger partial charge in [-0.2, -0.15) is 0 Å². The van der Waals surface area contributed by atoms with E-state index in [1.54, 1.807) is 6.07 Å². The molecule has 1 aromatic carbocycles. The fraction of sp³-hybridized carbons (Fsp3) is 0.571. The summed E-state index contributed by atoms with van der Waals surface area (Å²) in [7, 11) is 0. The number of halogens is 2. The van der Waals surface area contributed by atoms with E-state index in [2.05, 4.69) is 46.9 Å². The maximum absolute atomic E-state index is 13.9. The van der Waals surface area contributed by atoms with Gasteiger partial charge in [0.15, 0.2) is 0 Å². The highest BCUT2D eigenvalue weighted by atomic mass is 79.9. The molecule has 3 atom stereocenters. The largest absolute Gasteiger partial charge is 0.309 e. The minimum atomic E-state index is -0.121. The molecule has 3 unspecified atom stereocenters. The summed E-state index contributed by atoms with van der Waals surface area (Å²) in [5.74, 6) is -0.121. The summed E-state index contributed by atoms with van der Waals surface area (Å²) in [6.45, 7) is 8.34. The number of hydrogen-bond acceptors (Lipinski definition) is 2. The van der Waals surface area contributed by atoms with Crippen molar-refractivity contribution in [1.82, 2.24) is 10.2 Å². The van der Waals surface area contributed by atoms with E-state index in [0.29, 0.717) is 12.1 Å². The van der Waals surface area contributed by atoms with Gasteiger partial charge in [0.1, 0.15) is 5.82 Å². The number of hydrogen-bond donors (Lipinski definition) is 1. The molecule has 2 rings (SSSR count). The van der Waals surface area contributed by atoms with Crippen LogP contribution in [0.25, 0.3) is 0 Å². The second kappa shape index (κ2) is 5.68. The van der Waals surface area contributed by atoms with Gasteiger partial charge in [0.05, 0.1) is 0 Å². The van der Waals surface area contributed by atoms with E-state index in [-0.39, 0.29) is 11.9 Å². The van der Waals surface area contributed by atoms with Gasteiger partial charge in [-0.3, -0.25) is 4.90 Å². The Kier molecular flexibility index (Phi) is 4.41. The molecular weight excluding hydrogens is 295 g/mol. The van der Waals surface area contributed by atoms with Crippen LogP contribution in [0, 0.1) is 5.82 Å². The van der Waals surface area contributed by atoms with Crippen molar-refractivity contribution in [3.8, 4) is 0 Å². The summed E-state index contributed by atoms with van der Waals surface area (Å²) in [6, 6.07) is 6.17. The summed E-state index contributed by atoms with van der Waals surface area (Å²) in [5, 5.41) is 3.50. The predicted octanol–water partition coefficient (Wildman–Crippen LogP) is 3.33. The van der Waals surface area contributed by atoms with Crippen LogP contribution >= 0.6 is 15.9 Å². The quantitative estimate of drug-likeness (QED) is 0.900. The van der Waals surface area contributed by atoms with Crippen molar-refractivity contribution in [2.75, 3.05) is 13.1 Å². The van der Waals surface area contributed by atoms with Gasteiger partial charge in [0.25, 0.3) is 0 Å². The van der Waals surface area contributed by atoms with Crippen molar-refractivity contribution in [1.29, 1.82) is 0 Å². The van der Waals surface area contributed by atoms with Crippen molar-refractivity contribution in [2.24, 2.45) is 0 Å². The summed E-state index contributed by atoms with van der Waals surface area (Å²) in [5.41, 5.74) is 0.769. The Bertz CT molecular complexity index is 414. The first-order valence-corrected chi connectivity index (χ1v) is 7.21. The zero-order chi connectivity index (χ0) is 13.3. The lowest BCUT2D eigenvalue weighted by Gasteiger charge is -2.40. The first-order chi connectivity index (χ1) is 8.47. The Balaban J connectivity index is 2.19. The van der Waals surface area contributed by atoms with Crippen LogP contribution in [0.2, 0.25) is 0 Å². The molecule has 100 valence electrons. The van der Waals surface area contributed by atoms with Crippen molar-refractivity contribution in [2.45, 2.75) is 38.9 Å². The molecule has 1 heterocycles. The van der Waals surface area contributed by atoms with E-state index in [9.17, 15) is 4.39 Å². The van der Waals surface area contributed by atoms with Crippen LogP contribution in [-0.2, 0) is 0 Å². The molecule has 0 bridgehead atoms. The molecule has 0 aromatic heterocycles. The van der Waals surface area contributed by atoms with E-state index in [1.807, 2.05) is 6.07 Å².